The van der Waals surface area contributed by atoms with Crippen LogP contribution in [-0.2, 0) is 11.3 Å². The van der Waals surface area contributed by atoms with E-state index in [0.29, 0.717) is 24.2 Å². The van der Waals surface area contributed by atoms with Crippen molar-refractivity contribution in [2.75, 3.05) is 38.3 Å². The third-order valence-corrected chi connectivity index (χ3v) is 4.11. The predicted molar refractivity (Wildman–Crippen MR) is 88.8 cm³/mol. The van der Waals surface area contributed by atoms with Crippen LogP contribution in [0.3, 0.4) is 0 Å². The van der Waals surface area contributed by atoms with Crippen molar-refractivity contribution in [3.63, 3.8) is 0 Å². The molecule has 0 fully saturated rings. The molecule has 120 valence electrons. The van der Waals surface area contributed by atoms with Gasteiger partial charge in [-0.25, -0.2) is 4.68 Å². The van der Waals surface area contributed by atoms with Gasteiger partial charge >= 0.3 is 0 Å². The molecule has 1 rings (SSSR count). The predicted octanol–water partition coefficient (Wildman–Crippen LogP) is 1.46. The van der Waals surface area contributed by atoms with E-state index in [2.05, 4.69) is 46.7 Å². The Morgan fingerprint density at radius 2 is 2.19 bits per heavy atom. The highest BCUT2D eigenvalue weighted by Gasteiger charge is 2.22. The molecule has 0 atom stereocenters. The molecular weight excluding hydrogens is 336 g/mol. The molecule has 2 N–H and O–H groups in total. The second-order valence-corrected chi connectivity index (χ2v) is 6.54. The maximum Gasteiger partial charge on any atom is 0.283 e. The van der Waals surface area contributed by atoms with Crippen LogP contribution in [0.5, 0.6) is 0 Å². The highest BCUT2D eigenvalue weighted by Crippen LogP contribution is 2.25. The van der Waals surface area contributed by atoms with Crippen LogP contribution in [0.15, 0.2) is 15.5 Å². The zero-order valence-corrected chi connectivity index (χ0v) is 14.8. The van der Waals surface area contributed by atoms with Crippen molar-refractivity contribution >= 4 is 21.6 Å². The number of anilines is 1. The fourth-order valence-electron chi connectivity index (χ4n) is 1.96. The van der Waals surface area contributed by atoms with Crippen LogP contribution in [0.25, 0.3) is 0 Å². The average Bonchev–Trinajstić information content (AvgIpc) is 2.47. The Morgan fingerprint density at radius 1 is 1.52 bits per heavy atom. The molecule has 0 radical (unpaired) electrons. The highest BCUT2D eigenvalue weighted by molar-refractivity contribution is 9.10. The molecule has 7 heteroatoms. The van der Waals surface area contributed by atoms with Crippen LogP contribution < -0.4 is 16.2 Å². The molecule has 0 bridgehead atoms. The Labute approximate surface area is 134 Å². The van der Waals surface area contributed by atoms with E-state index in [0.717, 1.165) is 18.8 Å². The molecular formula is C14H25BrN4O2. The largest absolute Gasteiger partial charge is 0.383 e. The number of nitrogens with two attached hydrogens (primary N) is 1. The number of halogens is 1. The van der Waals surface area contributed by atoms with Crippen LogP contribution in [0.1, 0.15) is 20.8 Å². The van der Waals surface area contributed by atoms with E-state index in [1.165, 1.54) is 4.68 Å². The molecule has 1 heterocycles. The lowest BCUT2D eigenvalue weighted by atomic mass is 9.93. The Balaban J connectivity index is 3.06. The zero-order valence-electron chi connectivity index (χ0n) is 13.2. The normalized spacial score (nSPS) is 11.7. The van der Waals surface area contributed by atoms with E-state index in [-0.39, 0.29) is 11.0 Å². The van der Waals surface area contributed by atoms with Crippen molar-refractivity contribution in [1.29, 1.82) is 0 Å². The van der Waals surface area contributed by atoms with Crippen LogP contribution >= 0.6 is 15.9 Å². The molecule has 1 aromatic heterocycles. The van der Waals surface area contributed by atoms with E-state index in [1.54, 1.807) is 13.3 Å². The zero-order chi connectivity index (χ0) is 16.0. The summed E-state index contributed by atoms with van der Waals surface area (Å²) in [4.78, 5) is 14.4. The van der Waals surface area contributed by atoms with E-state index >= 15 is 0 Å². The topological polar surface area (TPSA) is 73.4 Å². The first-order valence-corrected chi connectivity index (χ1v) is 7.85. The summed E-state index contributed by atoms with van der Waals surface area (Å²) < 4.78 is 6.91. The van der Waals surface area contributed by atoms with Crippen molar-refractivity contribution in [3.05, 3.63) is 21.0 Å². The molecule has 0 aliphatic rings. The molecule has 0 aliphatic heterocycles. The lowest BCUT2D eigenvalue weighted by Gasteiger charge is -2.32. The average molecular weight is 361 g/mol. The summed E-state index contributed by atoms with van der Waals surface area (Å²) >= 11 is 3.41. The molecule has 0 saturated heterocycles. The summed E-state index contributed by atoms with van der Waals surface area (Å²) in [6, 6.07) is 0. The molecule has 0 aliphatic carbocycles. The van der Waals surface area contributed by atoms with Crippen LogP contribution in [0.4, 0.5) is 5.69 Å². The number of aromatic nitrogens is 2. The number of rotatable bonds is 8. The number of nitrogens with zero attached hydrogens (tertiary/aromatic N) is 3. The molecule has 0 unspecified atom stereocenters. The molecule has 0 aromatic carbocycles. The van der Waals surface area contributed by atoms with Crippen LogP contribution in [0, 0.1) is 5.41 Å². The van der Waals surface area contributed by atoms with Gasteiger partial charge in [0.25, 0.3) is 5.56 Å². The summed E-state index contributed by atoms with van der Waals surface area (Å²) in [5.74, 6) is 0. The number of ether oxygens (including phenoxy) is 1. The van der Waals surface area contributed by atoms with Gasteiger partial charge in [-0.15, -0.1) is 0 Å². The Kier molecular flexibility index (Phi) is 6.83. The lowest BCUT2D eigenvalue weighted by molar-refractivity contribution is 0.181. The lowest BCUT2D eigenvalue weighted by Crippen LogP contribution is -2.40. The molecule has 0 saturated carbocycles. The maximum absolute atomic E-state index is 12.3. The standard InChI is InChI=1S/C14H25BrN4O2/c1-5-18(10-14(2,3)9-16)11-8-17-19(6-7-21-4)13(20)12(11)15/h8H,5-7,9-10,16H2,1-4H3. The molecule has 21 heavy (non-hydrogen) atoms. The first-order valence-electron chi connectivity index (χ1n) is 7.06. The van der Waals surface area contributed by atoms with E-state index < -0.39 is 0 Å². The van der Waals surface area contributed by atoms with Gasteiger partial charge in [0.15, 0.2) is 0 Å². The SMILES string of the molecule is CCN(CC(C)(C)CN)c1cnn(CCOC)c(=O)c1Br. The van der Waals surface area contributed by atoms with Gasteiger partial charge in [-0.05, 0) is 34.8 Å². The summed E-state index contributed by atoms with van der Waals surface area (Å²) in [5.41, 5.74) is 6.43. The van der Waals surface area contributed by atoms with Crippen LogP contribution in [0.2, 0.25) is 0 Å². The third kappa shape index (κ3) is 4.79. The van der Waals surface area contributed by atoms with Crippen molar-refractivity contribution in [3.8, 4) is 0 Å². The van der Waals surface area contributed by atoms with Crippen molar-refractivity contribution in [2.24, 2.45) is 11.1 Å². The Morgan fingerprint density at radius 3 is 2.71 bits per heavy atom. The van der Waals surface area contributed by atoms with Gasteiger partial charge in [0.05, 0.1) is 25.0 Å². The summed E-state index contributed by atoms with van der Waals surface area (Å²) in [5, 5.41) is 4.22. The van der Waals surface area contributed by atoms with Gasteiger partial charge in [-0.2, -0.15) is 5.10 Å². The minimum Gasteiger partial charge on any atom is -0.383 e. The molecule has 0 spiro atoms. The van der Waals surface area contributed by atoms with Gasteiger partial charge in [0.1, 0.15) is 4.47 Å². The van der Waals surface area contributed by atoms with Gasteiger partial charge in [0.2, 0.25) is 0 Å². The number of hydrogen-bond donors (Lipinski definition) is 1. The minimum atomic E-state index is -0.145. The van der Waals surface area contributed by atoms with Gasteiger partial charge in [0, 0.05) is 20.2 Å². The smallest absolute Gasteiger partial charge is 0.283 e. The first-order chi connectivity index (χ1) is 9.86. The van der Waals surface area contributed by atoms with E-state index in [9.17, 15) is 4.79 Å². The van der Waals surface area contributed by atoms with Crippen molar-refractivity contribution in [1.82, 2.24) is 9.78 Å². The summed E-state index contributed by atoms with van der Waals surface area (Å²) in [6.07, 6.45) is 1.72. The minimum absolute atomic E-state index is 0.0274. The fraction of sp³-hybridized carbons (Fsp3) is 0.714. The van der Waals surface area contributed by atoms with E-state index in [4.69, 9.17) is 10.5 Å². The number of hydrogen-bond acceptors (Lipinski definition) is 5. The second-order valence-electron chi connectivity index (χ2n) is 5.75. The van der Waals surface area contributed by atoms with Gasteiger partial charge in [-0.1, -0.05) is 13.8 Å². The summed E-state index contributed by atoms with van der Waals surface area (Å²) in [7, 11) is 1.60. The van der Waals surface area contributed by atoms with Gasteiger partial charge < -0.3 is 15.4 Å². The second kappa shape index (κ2) is 7.91. The van der Waals surface area contributed by atoms with Crippen molar-refractivity contribution in [2.45, 2.75) is 27.3 Å². The highest BCUT2D eigenvalue weighted by atomic mass is 79.9. The Hall–Kier alpha value is -0.920. The quantitative estimate of drug-likeness (QED) is 0.759. The maximum atomic E-state index is 12.3. The Bertz CT molecular complexity index is 516. The fourth-order valence-corrected chi connectivity index (χ4v) is 2.52. The summed E-state index contributed by atoms with van der Waals surface area (Å²) in [6.45, 7) is 9.29. The molecule has 1 aromatic rings. The molecule has 6 nitrogen and oxygen atoms in total. The molecule has 0 amide bonds. The van der Waals surface area contributed by atoms with Gasteiger partial charge in [-0.3, -0.25) is 4.79 Å². The van der Waals surface area contributed by atoms with E-state index in [1.807, 2.05) is 0 Å². The third-order valence-electron chi connectivity index (χ3n) is 3.37. The van der Waals surface area contributed by atoms with Crippen molar-refractivity contribution < 1.29 is 4.74 Å². The first kappa shape index (κ1) is 18.1. The van der Waals surface area contributed by atoms with Crippen LogP contribution in [-0.4, -0.2) is 43.1 Å². The number of methoxy groups -OCH3 is 1. The monoisotopic (exact) mass is 360 g/mol.